The van der Waals surface area contributed by atoms with Gasteiger partial charge in [-0.15, -0.1) is 0 Å². The molecule has 0 aromatic heterocycles. The maximum Gasteiger partial charge on any atom is 0.251 e. The van der Waals surface area contributed by atoms with E-state index in [1.54, 1.807) is 7.11 Å². The van der Waals surface area contributed by atoms with Gasteiger partial charge in [-0.2, -0.15) is 0 Å². The van der Waals surface area contributed by atoms with Crippen LogP contribution in [0, 0.1) is 0 Å². The smallest absolute Gasteiger partial charge is 0.251 e. The number of rotatable bonds is 4. The third kappa shape index (κ3) is 3.14. The molecular weight excluding hydrogens is 230 g/mol. The highest BCUT2D eigenvalue weighted by molar-refractivity contribution is 7.80. The molecule has 1 rings (SSSR count). The Morgan fingerprint density at radius 3 is 2.81 bits per heavy atom. The summed E-state index contributed by atoms with van der Waals surface area (Å²) in [6, 6.07) is -0.542. The lowest BCUT2D eigenvalue weighted by molar-refractivity contribution is -0.137. The lowest BCUT2D eigenvalue weighted by Crippen LogP contribution is -2.46. The number of hydrogen-bond acceptors (Lipinski definition) is 4. The molecule has 1 atom stereocenters. The van der Waals surface area contributed by atoms with E-state index in [1.165, 1.54) is 7.05 Å². The van der Waals surface area contributed by atoms with Gasteiger partial charge in [0.15, 0.2) is 5.11 Å². The number of methoxy groups -OCH3 is 1. The van der Waals surface area contributed by atoms with Crippen LogP contribution in [0.25, 0.3) is 0 Å². The Labute approximate surface area is 99.3 Å². The number of thiocarbonyl (C=S) groups is 1. The van der Waals surface area contributed by atoms with Gasteiger partial charge < -0.3 is 15.4 Å². The van der Waals surface area contributed by atoms with Crippen molar-refractivity contribution < 1.29 is 14.3 Å². The van der Waals surface area contributed by atoms with E-state index < -0.39 is 6.04 Å². The van der Waals surface area contributed by atoms with E-state index in [9.17, 15) is 9.59 Å². The molecule has 90 valence electrons. The molecule has 0 saturated carbocycles. The maximum absolute atomic E-state index is 11.5. The van der Waals surface area contributed by atoms with Crippen molar-refractivity contribution in [1.29, 1.82) is 0 Å². The fourth-order valence-corrected chi connectivity index (χ4v) is 1.59. The summed E-state index contributed by atoms with van der Waals surface area (Å²) in [5.41, 5.74) is 0. The molecule has 1 aliphatic heterocycles. The highest BCUT2D eigenvalue weighted by Gasteiger charge is 2.36. The number of carbonyl (C=O) groups is 2. The second-order valence-electron chi connectivity index (χ2n) is 3.44. The Bertz CT molecular complexity index is 308. The molecule has 0 aromatic carbocycles. The quantitative estimate of drug-likeness (QED) is 0.370. The zero-order valence-electron chi connectivity index (χ0n) is 9.28. The van der Waals surface area contributed by atoms with E-state index >= 15 is 0 Å². The largest absolute Gasteiger partial charge is 0.383 e. The van der Waals surface area contributed by atoms with Gasteiger partial charge in [-0.3, -0.25) is 14.5 Å². The summed E-state index contributed by atoms with van der Waals surface area (Å²) in [6.07, 6.45) is 0.154. The minimum atomic E-state index is -0.542. The monoisotopic (exact) mass is 245 g/mol. The molecule has 1 unspecified atom stereocenters. The average molecular weight is 245 g/mol. The van der Waals surface area contributed by atoms with E-state index in [4.69, 9.17) is 17.0 Å². The van der Waals surface area contributed by atoms with Crippen LogP contribution in [0.15, 0.2) is 0 Å². The van der Waals surface area contributed by atoms with Crippen LogP contribution in [0.4, 0.5) is 0 Å². The summed E-state index contributed by atoms with van der Waals surface area (Å²) in [4.78, 5) is 23.8. The Hall–Kier alpha value is -1.21. The molecule has 1 heterocycles. The van der Waals surface area contributed by atoms with Gasteiger partial charge in [0.25, 0.3) is 5.91 Å². The number of likely N-dealkylation sites (N-methyl/N-ethyl adjacent to an activating group) is 1. The number of nitrogens with zero attached hydrogens (tertiary/aromatic N) is 1. The van der Waals surface area contributed by atoms with Crippen molar-refractivity contribution in [2.45, 2.75) is 12.5 Å². The minimum Gasteiger partial charge on any atom is -0.383 e. The first-order chi connectivity index (χ1) is 7.56. The first kappa shape index (κ1) is 12.9. The second-order valence-corrected chi connectivity index (χ2v) is 3.85. The van der Waals surface area contributed by atoms with Gasteiger partial charge in [-0.1, -0.05) is 0 Å². The average Bonchev–Trinajstić information content (AvgIpc) is 2.47. The third-order valence-electron chi connectivity index (χ3n) is 2.28. The van der Waals surface area contributed by atoms with Crippen LogP contribution in [0.3, 0.4) is 0 Å². The van der Waals surface area contributed by atoms with Crippen molar-refractivity contribution in [2.75, 3.05) is 27.3 Å². The normalized spacial score (nSPS) is 20.1. The summed E-state index contributed by atoms with van der Waals surface area (Å²) in [6.45, 7) is 1.09. The summed E-state index contributed by atoms with van der Waals surface area (Å²) in [5.74, 6) is -0.442. The number of imide groups is 1. The molecule has 1 aliphatic rings. The van der Waals surface area contributed by atoms with Gasteiger partial charge in [0.2, 0.25) is 5.91 Å². The highest BCUT2D eigenvalue weighted by atomic mass is 32.1. The number of ether oxygens (including phenoxy) is 1. The molecule has 0 aliphatic carbocycles. The highest BCUT2D eigenvalue weighted by Crippen LogP contribution is 2.09. The molecule has 0 radical (unpaired) electrons. The Morgan fingerprint density at radius 1 is 1.62 bits per heavy atom. The van der Waals surface area contributed by atoms with E-state index in [0.29, 0.717) is 18.3 Å². The van der Waals surface area contributed by atoms with Gasteiger partial charge in [0.1, 0.15) is 6.04 Å². The van der Waals surface area contributed by atoms with Crippen molar-refractivity contribution in [1.82, 2.24) is 15.5 Å². The topological polar surface area (TPSA) is 70.7 Å². The molecular formula is C9H15N3O3S. The number of carbonyl (C=O) groups excluding carboxylic acids is 2. The molecule has 0 aromatic rings. The molecule has 0 bridgehead atoms. The van der Waals surface area contributed by atoms with E-state index in [2.05, 4.69) is 10.6 Å². The Balaban J connectivity index is 2.35. The molecule has 16 heavy (non-hydrogen) atoms. The zero-order valence-corrected chi connectivity index (χ0v) is 10.1. The van der Waals surface area contributed by atoms with Gasteiger partial charge >= 0.3 is 0 Å². The number of nitrogens with one attached hydrogen (secondary N) is 2. The number of likely N-dealkylation sites (tertiary alicyclic amines) is 1. The third-order valence-corrected chi connectivity index (χ3v) is 2.54. The minimum absolute atomic E-state index is 0.154. The lowest BCUT2D eigenvalue weighted by Gasteiger charge is -2.14. The Kier molecular flexibility index (Phi) is 4.63. The van der Waals surface area contributed by atoms with Crippen LogP contribution in [0.2, 0.25) is 0 Å². The zero-order chi connectivity index (χ0) is 12.1. The van der Waals surface area contributed by atoms with Crippen LogP contribution < -0.4 is 10.6 Å². The van der Waals surface area contributed by atoms with E-state index in [0.717, 1.165) is 4.90 Å². The first-order valence-electron chi connectivity index (χ1n) is 4.90. The molecule has 6 nitrogen and oxygen atoms in total. The van der Waals surface area contributed by atoms with Crippen molar-refractivity contribution in [3.05, 3.63) is 0 Å². The molecule has 2 N–H and O–H groups in total. The summed E-state index contributed by atoms with van der Waals surface area (Å²) in [7, 11) is 3.06. The predicted octanol–water partition coefficient (Wildman–Crippen LogP) is -1.15. The van der Waals surface area contributed by atoms with Gasteiger partial charge in [-0.25, -0.2) is 0 Å². The SMILES string of the molecule is COCCNC(=S)NC1CC(=O)N(C)C1=O. The van der Waals surface area contributed by atoms with Crippen LogP contribution in [0.5, 0.6) is 0 Å². The second kappa shape index (κ2) is 5.76. The van der Waals surface area contributed by atoms with Crippen LogP contribution in [-0.2, 0) is 14.3 Å². The molecule has 1 saturated heterocycles. The van der Waals surface area contributed by atoms with Gasteiger partial charge in [-0.05, 0) is 12.2 Å². The fourth-order valence-electron chi connectivity index (χ4n) is 1.34. The van der Waals surface area contributed by atoms with Crippen molar-refractivity contribution >= 4 is 29.1 Å². The van der Waals surface area contributed by atoms with E-state index in [-0.39, 0.29) is 18.2 Å². The summed E-state index contributed by atoms with van der Waals surface area (Å²) >= 11 is 4.97. The van der Waals surface area contributed by atoms with Gasteiger partial charge in [0.05, 0.1) is 13.0 Å². The molecule has 1 fully saturated rings. The van der Waals surface area contributed by atoms with Crippen LogP contribution in [0.1, 0.15) is 6.42 Å². The molecule has 2 amide bonds. The van der Waals surface area contributed by atoms with Gasteiger partial charge in [0, 0.05) is 20.7 Å². The molecule has 7 heteroatoms. The Morgan fingerprint density at radius 2 is 2.31 bits per heavy atom. The van der Waals surface area contributed by atoms with Crippen molar-refractivity contribution in [3.8, 4) is 0 Å². The number of hydrogen-bond donors (Lipinski definition) is 2. The van der Waals surface area contributed by atoms with Crippen molar-refractivity contribution in [3.63, 3.8) is 0 Å². The van der Waals surface area contributed by atoms with Crippen molar-refractivity contribution in [2.24, 2.45) is 0 Å². The summed E-state index contributed by atoms with van der Waals surface area (Å²) in [5, 5.41) is 6.03. The maximum atomic E-state index is 11.5. The predicted molar refractivity (Wildman–Crippen MR) is 61.8 cm³/mol. The molecule has 0 spiro atoms. The standard InChI is InChI=1S/C9H15N3O3S/c1-12-7(13)5-6(8(12)14)11-9(16)10-3-4-15-2/h6H,3-5H2,1-2H3,(H2,10,11,16). The van der Waals surface area contributed by atoms with Crippen LogP contribution in [-0.4, -0.2) is 55.2 Å². The summed E-state index contributed by atoms with van der Waals surface area (Å²) < 4.78 is 4.84. The van der Waals surface area contributed by atoms with E-state index in [1.807, 2.05) is 0 Å². The van der Waals surface area contributed by atoms with Crippen LogP contribution >= 0.6 is 12.2 Å². The first-order valence-corrected chi connectivity index (χ1v) is 5.30. The number of amides is 2. The lowest BCUT2D eigenvalue weighted by atomic mass is 10.2. The fraction of sp³-hybridized carbons (Fsp3) is 0.667.